The van der Waals surface area contributed by atoms with Crippen LogP contribution in [0.4, 0.5) is 0 Å². The summed E-state index contributed by atoms with van der Waals surface area (Å²) < 4.78 is 10.9. The summed E-state index contributed by atoms with van der Waals surface area (Å²) in [5, 5.41) is 0. The van der Waals surface area contributed by atoms with Gasteiger partial charge in [0.15, 0.2) is 0 Å². The fourth-order valence-electron chi connectivity index (χ4n) is 2.36. The number of hydrogen-bond donors (Lipinski definition) is 0. The molecule has 0 aromatic heterocycles. The van der Waals surface area contributed by atoms with Crippen molar-refractivity contribution in [3.05, 3.63) is 70.6 Å². The molecule has 1 heterocycles. The highest BCUT2D eigenvalue weighted by Gasteiger charge is 2.28. The summed E-state index contributed by atoms with van der Waals surface area (Å²) in [6.45, 7) is 0. The molecule has 1 aliphatic heterocycles. The highest BCUT2D eigenvalue weighted by atomic mass is 32.2. The number of nitrogens with zero attached hydrogens (tertiary/aromatic N) is 1. The normalized spacial score (nSPS) is 15.5. The molecule has 0 bridgehead atoms. The molecular formula is C21H17NO4S2. The Hall–Kier alpha value is -2.90. The average molecular weight is 412 g/mol. The minimum absolute atomic E-state index is 0.117. The standard InChI is InChI=1S/C21H17NO4S2/c1-22-20(24)18(28-21(22)27)13-15-5-10-17(11-6-15)26-19(23)12-7-14-3-8-16(25-2)9-4-14/h3-13H,1-2H3/b12-7+,18-13+. The van der Waals surface area contributed by atoms with E-state index in [0.29, 0.717) is 15.0 Å². The predicted octanol–water partition coefficient (Wildman–Crippen LogP) is 4.15. The van der Waals surface area contributed by atoms with Crippen molar-refractivity contribution in [3.63, 3.8) is 0 Å². The van der Waals surface area contributed by atoms with E-state index >= 15 is 0 Å². The van der Waals surface area contributed by atoms with Gasteiger partial charge in [-0.25, -0.2) is 4.79 Å². The first-order chi connectivity index (χ1) is 13.5. The predicted molar refractivity (Wildman–Crippen MR) is 115 cm³/mol. The number of benzene rings is 2. The number of hydrogen-bond acceptors (Lipinski definition) is 6. The Morgan fingerprint density at radius 3 is 2.21 bits per heavy atom. The zero-order valence-electron chi connectivity index (χ0n) is 15.2. The van der Waals surface area contributed by atoms with Crippen molar-refractivity contribution in [1.29, 1.82) is 0 Å². The van der Waals surface area contributed by atoms with Gasteiger partial charge in [0.05, 0.1) is 12.0 Å². The van der Waals surface area contributed by atoms with E-state index in [-0.39, 0.29) is 5.91 Å². The zero-order valence-corrected chi connectivity index (χ0v) is 16.9. The molecule has 0 radical (unpaired) electrons. The number of methoxy groups -OCH3 is 1. The lowest BCUT2D eigenvalue weighted by Gasteiger charge is -2.04. The molecule has 2 aromatic carbocycles. The second kappa shape index (κ2) is 8.86. The van der Waals surface area contributed by atoms with Crippen molar-refractivity contribution >= 4 is 52.3 Å². The lowest BCUT2D eigenvalue weighted by molar-refractivity contribution is -0.129. The van der Waals surface area contributed by atoms with Gasteiger partial charge in [0.25, 0.3) is 5.91 Å². The number of carbonyl (C=O) groups excluding carboxylic acids is 2. The van der Waals surface area contributed by atoms with Gasteiger partial charge in [-0.15, -0.1) is 0 Å². The third-order valence-corrected chi connectivity index (χ3v) is 5.40. The molecule has 0 saturated carbocycles. The van der Waals surface area contributed by atoms with Crippen LogP contribution >= 0.6 is 24.0 Å². The summed E-state index contributed by atoms with van der Waals surface area (Å²) in [7, 11) is 3.25. The van der Waals surface area contributed by atoms with Crippen molar-refractivity contribution in [2.45, 2.75) is 0 Å². The van der Waals surface area contributed by atoms with Crippen molar-refractivity contribution in [2.24, 2.45) is 0 Å². The van der Waals surface area contributed by atoms with E-state index in [4.69, 9.17) is 21.7 Å². The molecule has 0 unspecified atom stereocenters. The van der Waals surface area contributed by atoms with Crippen molar-refractivity contribution in [1.82, 2.24) is 4.90 Å². The second-order valence-corrected chi connectivity index (χ2v) is 7.51. The number of thiocarbonyl (C=S) groups is 1. The maximum Gasteiger partial charge on any atom is 0.336 e. The van der Waals surface area contributed by atoms with E-state index in [9.17, 15) is 9.59 Å². The summed E-state index contributed by atoms with van der Waals surface area (Å²) in [6.07, 6.45) is 4.79. The van der Waals surface area contributed by atoms with E-state index in [1.165, 1.54) is 22.7 Å². The number of esters is 1. The van der Waals surface area contributed by atoms with Gasteiger partial charge < -0.3 is 9.47 Å². The van der Waals surface area contributed by atoms with Gasteiger partial charge in [-0.1, -0.05) is 48.2 Å². The first kappa shape index (κ1) is 19.9. The number of thioether (sulfide) groups is 1. The molecule has 1 aliphatic rings. The van der Waals surface area contributed by atoms with E-state index in [2.05, 4.69) is 0 Å². The minimum atomic E-state index is -0.476. The van der Waals surface area contributed by atoms with E-state index in [1.54, 1.807) is 50.6 Å². The SMILES string of the molecule is COc1ccc(/C=C/C(=O)Oc2ccc(/C=C3/SC(=S)N(C)C3=O)cc2)cc1. The van der Waals surface area contributed by atoms with Crippen molar-refractivity contribution in [2.75, 3.05) is 14.2 Å². The monoisotopic (exact) mass is 411 g/mol. The van der Waals surface area contributed by atoms with Crippen molar-refractivity contribution < 1.29 is 19.1 Å². The van der Waals surface area contributed by atoms with E-state index in [1.807, 2.05) is 24.3 Å². The highest BCUT2D eigenvalue weighted by molar-refractivity contribution is 8.26. The highest BCUT2D eigenvalue weighted by Crippen LogP contribution is 2.31. The number of ether oxygens (including phenoxy) is 2. The summed E-state index contributed by atoms with van der Waals surface area (Å²) in [5.74, 6) is 0.579. The fourth-order valence-corrected chi connectivity index (χ4v) is 3.54. The van der Waals surface area contributed by atoms with Gasteiger partial charge in [0.1, 0.15) is 15.8 Å². The van der Waals surface area contributed by atoms with Crippen LogP contribution in [0.25, 0.3) is 12.2 Å². The molecule has 1 saturated heterocycles. The molecule has 1 fully saturated rings. The number of amides is 1. The Morgan fingerprint density at radius 2 is 1.64 bits per heavy atom. The molecule has 1 amide bonds. The lowest BCUT2D eigenvalue weighted by Crippen LogP contribution is -2.22. The second-order valence-electron chi connectivity index (χ2n) is 5.84. The Morgan fingerprint density at radius 1 is 1.04 bits per heavy atom. The third-order valence-electron chi connectivity index (χ3n) is 3.91. The van der Waals surface area contributed by atoms with Crippen LogP contribution in [0.15, 0.2) is 59.5 Å². The molecular weight excluding hydrogens is 394 g/mol. The summed E-state index contributed by atoms with van der Waals surface area (Å²) >= 11 is 6.37. The Balaban J connectivity index is 1.60. The van der Waals surface area contributed by atoms with Crippen LogP contribution in [-0.4, -0.2) is 35.3 Å². The fraction of sp³-hybridized carbons (Fsp3) is 0.0952. The van der Waals surface area contributed by atoms with E-state index < -0.39 is 5.97 Å². The average Bonchev–Trinajstić information content (AvgIpc) is 2.95. The molecule has 28 heavy (non-hydrogen) atoms. The summed E-state index contributed by atoms with van der Waals surface area (Å²) in [6, 6.07) is 14.2. The Kier molecular flexibility index (Phi) is 6.28. The maximum absolute atomic E-state index is 12.0. The summed E-state index contributed by atoms with van der Waals surface area (Å²) in [5.41, 5.74) is 1.68. The first-order valence-electron chi connectivity index (χ1n) is 8.32. The minimum Gasteiger partial charge on any atom is -0.497 e. The van der Waals surface area contributed by atoms with Gasteiger partial charge in [-0.2, -0.15) is 0 Å². The molecule has 0 atom stereocenters. The largest absolute Gasteiger partial charge is 0.497 e. The van der Waals surface area contributed by atoms with Gasteiger partial charge >= 0.3 is 5.97 Å². The van der Waals surface area contributed by atoms with Crippen LogP contribution in [0.1, 0.15) is 11.1 Å². The smallest absolute Gasteiger partial charge is 0.336 e. The van der Waals surface area contributed by atoms with Gasteiger partial charge in [-0.3, -0.25) is 9.69 Å². The van der Waals surface area contributed by atoms with Crippen LogP contribution in [0, 0.1) is 0 Å². The molecule has 5 nitrogen and oxygen atoms in total. The van der Waals surface area contributed by atoms with Crippen LogP contribution in [-0.2, 0) is 9.59 Å². The Labute approximate surface area is 172 Å². The van der Waals surface area contributed by atoms with Crippen molar-refractivity contribution in [3.8, 4) is 11.5 Å². The topological polar surface area (TPSA) is 55.8 Å². The van der Waals surface area contributed by atoms with Crippen LogP contribution in [0.2, 0.25) is 0 Å². The van der Waals surface area contributed by atoms with E-state index in [0.717, 1.165) is 16.9 Å². The molecule has 3 rings (SSSR count). The Bertz CT molecular complexity index is 963. The first-order valence-corrected chi connectivity index (χ1v) is 9.54. The number of likely N-dealkylation sites (N-methyl/N-ethyl adjacent to an activating group) is 1. The quantitative estimate of drug-likeness (QED) is 0.319. The van der Waals surface area contributed by atoms with Crippen LogP contribution in [0.3, 0.4) is 0 Å². The molecule has 142 valence electrons. The number of rotatable bonds is 5. The maximum atomic E-state index is 12.0. The summed E-state index contributed by atoms with van der Waals surface area (Å²) in [4.78, 5) is 26.0. The van der Waals surface area contributed by atoms with Crippen LogP contribution in [0.5, 0.6) is 11.5 Å². The van der Waals surface area contributed by atoms with Crippen LogP contribution < -0.4 is 9.47 Å². The van der Waals surface area contributed by atoms with Gasteiger partial charge in [-0.05, 0) is 47.5 Å². The third kappa shape index (κ3) is 4.88. The zero-order chi connectivity index (χ0) is 20.1. The molecule has 2 aromatic rings. The lowest BCUT2D eigenvalue weighted by atomic mass is 10.2. The van der Waals surface area contributed by atoms with Gasteiger partial charge in [0.2, 0.25) is 0 Å². The van der Waals surface area contributed by atoms with Gasteiger partial charge in [0, 0.05) is 13.1 Å². The molecule has 0 N–H and O–H groups in total. The molecule has 0 spiro atoms. The molecule has 0 aliphatic carbocycles. The molecule has 7 heteroatoms. The number of carbonyl (C=O) groups is 2.